The van der Waals surface area contributed by atoms with Crippen molar-refractivity contribution in [1.82, 2.24) is 5.32 Å². The molecule has 2 nitrogen and oxygen atoms in total. The number of aryl methyl sites for hydroxylation is 2. The predicted octanol–water partition coefficient (Wildman–Crippen LogP) is 5.13. The minimum atomic E-state index is -0.230. The van der Waals surface area contributed by atoms with Gasteiger partial charge in [0, 0.05) is 5.69 Å². The fourth-order valence-corrected chi connectivity index (χ4v) is 2.68. The quantitative estimate of drug-likeness (QED) is 0.760. The van der Waals surface area contributed by atoms with E-state index in [0.29, 0.717) is 11.0 Å². The van der Waals surface area contributed by atoms with Crippen molar-refractivity contribution in [3.8, 4) is 0 Å². The molecule has 0 aliphatic rings. The smallest absolute Gasteiger partial charge is 0.171 e. The molecule has 2 N–H and O–H groups in total. The van der Waals surface area contributed by atoms with E-state index < -0.39 is 0 Å². The summed E-state index contributed by atoms with van der Waals surface area (Å²) in [6.45, 7) is 8.38. The Morgan fingerprint density at radius 1 is 1.00 bits per heavy atom. The maximum absolute atomic E-state index is 13.1. The number of halogens is 1. The largest absolute Gasteiger partial charge is 0.355 e. The second kappa shape index (κ2) is 7.55. The van der Waals surface area contributed by atoms with E-state index in [1.807, 2.05) is 6.07 Å². The van der Waals surface area contributed by atoms with Crippen molar-refractivity contribution in [3.05, 3.63) is 65.0 Å². The van der Waals surface area contributed by atoms with Crippen LogP contribution in [0.1, 0.15) is 36.6 Å². The highest BCUT2D eigenvalue weighted by molar-refractivity contribution is 7.80. The zero-order valence-corrected chi connectivity index (χ0v) is 14.8. The first-order valence-electron chi connectivity index (χ1n) is 7.77. The Labute approximate surface area is 143 Å². The van der Waals surface area contributed by atoms with E-state index in [9.17, 15) is 4.39 Å². The van der Waals surface area contributed by atoms with Gasteiger partial charge >= 0.3 is 0 Å². The van der Waals surface area contributed by atoms with Gasteiger partial charge in [-0.3, -0.25) is 0 Å². The zero-order chi connectivity index (χ0) is 17.0. The summed E-state index contributed by atoms with van der Waals surface area (Å²) < 4.78 is 13.1. The van der Waals surface area contributed by atoms with E-state index in [2.05, 4.69) is 50.5 Å². The summed E-state index contributed by atoms with van der Waals surface area (Å²) in [6, 6.07) is 12.7. The topological polar surface area (TPSA) is 24.1 Å². The average Bonchev–Trinajstić information content (AvgIpc) is 2.49. The average molecular weight is 330 g/mol. The van der Waals surface area contributed by atoms with Gasteiger partial charge in [-0.15, -0.1) is 0 Å². The molecule has 0 bridgehead atoms. The van der Waals surface area contributed by atoms with Crippen molar-refractivity contribution >= 4 is 23.0 Å². The number of hydrogen-bond donors (Lipinski definition) is 2. The lowest BCUT2D eigenvalue weighted by Gasteiger charge is -2.25. The molecule has 0 aliphatic heterocycles. The fourth-order valence-electron chi connectivity index (χ4n) is 2.43. The SMILES string of the molecule is Cc1ccc(NC(=S)N[C@@H](c2ccc(F)cc2)C(C)C)cc1C. The maximum atomic E-state index is 13.1. The summed E-state index contributed by atoms with van der Waals surface area (Å²) in [5.74, 6) is 0.0899. The second-order valence-corrected chi connectivity index (χ2v) is 6.58. The standard InChI is InChI=1S/C19H23FN2S/c1-12(2)18(15-6-8-16(20)9-7-15)22-19(23)21-17-10-5-13(3)14(4)11-17/h5-12,18H,1-4H3,(H2,21,22,23)/t18-/m1/s1. The van der Waals surface area contributed by atoms with Gasteiger partial charge in [0.1, 0.15) is 5.82 Å². The van der Waals surface area contributed by atoms with Crippen LogP contribution in [-0.4, -0.2) is 5.11 Å². The number of benzene rings is 2. The molecular formula is C19H23FN2S. The van der Waals surface area contributed by atoms with Crippen LogP contribution in [0.4, 0.5) is 10.1 Å². The van der Waals surface area contributed by atoms with Crippen LogP contribution in [0.15, 0.2) is 42.5 Å². The minimum absolute atomic E-state index is 0.0298. The molecule has 0 aromatic heterocycles. The highest BCUT2D eigenvalue weighted by atomic mass is 32.1. The van der Waals surface area contributed by atoms with Crippen LogP contribution in [-0.2, 0) is 0 Å². The Hall–Kier alpha value is -1.94. The first-order chi connectivity index (χ1) is 10.9. The van der Waals surface area contributed by atoms with Crippen molar-refractivity contribution in [3.63, 3.8) is 0 Å². The monoisotopic (exact) mass is 330 g/mol. The van der Waals surface area contributed by atoms with Gasteiger partial charge in [0.15, 0.2) is 5.11 Å². The molecule has 122 valence electrons. The summed E-state index contributed by atoms with van der Waals surface area (Å²) in [5.41, 5.74) is 4.45. The molecule has 2 aromatic carbocycles. The van der Waals surface area contributed by atoms with Gasteiger partial charge in [-0.05, 0) is 72.9 Å². The molecule has 0 unspecified atom stereocenters. The first-order valence-corrected chi connectivity index (χ1v) is 8.18. The van der Waals surface area contributed by atoms with Crippen LogP contribution in [0.3, 0.4) is 0 Å². The Morgan fingerprint density at radius 2 is 1.65 bits per heavy atom. The predicted molar refractivity (Wildman–Crippen MR) is 99.3 cm³/mol. The van der Waals surface area contributed by atoms with Gasteiger partial charge in [0.2, 0.25) is 0 Å². The molecule has 0 aliphatic carbocycles. The van der Waals surface area contributed by atoms with Crippen LogP contribution in [0.25, 0.3) is 0 Å². The third-order valence-electron chi connectivity index (χ3n) is 3.95. The second-order valence-electron chi connectivity index (χ2n) is 6.17. The van der Waals surface area contributed by atoms with E-state index in [4.69, 9.17) is 12.2 Å². The molecule has 2 rings (SSSR count). The molecule has 4 heteroatoms. The van der Waals surface area contributed by atoms with Gasteiger partial charge in [-0.25, -0.2) is 4.39 Å². The first kappa shape index (κ1) is 17.4. The third-order valence-corrected chi connectivity index (χ3v) is 4.17. The van der Waals surface area contributed by atoms with Crippen LogP contribution >= 0.6 is 12.2 Å². The lowest BCUT2D eigenvalue weighted by molar-refractivity contribution is 0.472. The summed E-state index contributed by atoms with van der Waals surface area (Å²) in [5, 5.41) is 7.12. The fraction of sp³-hybridized carbons (Fsp3) is 0.316. The Balaban J connectivity index is 2.08. The van der Waals surface area contributed by atoms with Crippen molar-refractivity contribution in [1.29, 1.82) is 0 Å². The number of anilines is 1. The van der Waals surface area contributed by atoms with Crippen molar-refractivity contribution in [2.75, 3.05) is 5.32 Å². The summed E-state index contributed by atoms with van der Waals surface area (Å²) >= 11 is 5.44. The van der Waals surface area contributed by atoms with E-state index in [1.54, 1.807) is 12.1 Å². The molecule has 0 saturated carbocycles. The molecule has 1 atom stereocenters. The lowest BCUT2D eigenvalue weighted by atomic mass is 9.96. The van der Waals surface area contributed by atoms with Crippen molar-refractivity contribution in [2.45, 2.75) is 33.7 Å². The summed E-state index contributed by atoms with van der Waals surface area (Å²) in [4.78, 5) is 0. The van der Waals surface area contributed by atoms with Gasteiger partial charge in [0.25, 0.3) is 0 Å². The van der Waals surface area contributed by atoms with Crippen LogP contribution in [0, 0.1) is 25.6 Å². The molecule has 0 amide bonds. The van der Waals surface area contributed by atoms with Gasteiger partial charge < -0.3 is 10.6 Å². The Kier molecular flexibility index (Phi) is 5.72. The van der Waals surface area contributed by atoms with Gasteiger partial charge in [-0.2, -0.15) is 0 Å². The highest BCUT2D eigenvalue weighted by Crippen LogP contribution is 2.22. The van der Waals surface area contributed by atoms with E-state index in [-0.39, 0.29) is 11.9 Å². The minimum Gasteiger partial charge on any atom is -0.355 e. The Morgan fingerprint density at radius 3 is 2.22 bits per heavy atom. The lowest BCUT2D eigenvalue weighted by Crippen LogP contribution is -2.35. The zero-order valence-electron chi connectivity index (χ0n) is 14.0. The Bertz CT molecular complexity index is 680. The van der Waals surface area contributed by atoms with Crippen LogP contribution in [0.2, 0.25) is 0 Å². The van der Waals surface area contributed by atoms with Crippen molar-refractivity contribution < 1.29 is 4.39 Å². The summed E-state index contributed by atoms with van der Waals surface area (Å²) in [6.07, 6.45) is 0. The van der Waals surface area contributed by atoms with Gasteiger partial charge in [0.05, 0.1) is 6.04 Å². The number of hydrogen-bond acceptors (Lipinski definition) is 1. The highest BCUT2D eigenvalue weighted by Gasteiger charge is 2.17. The molecule has 0 saturated heterocycles. The molecule has 2 aromatic rings. The molecule has 23 heavy (non-hydrogen) atoms. The maximum Gasteiger partial charge on any atom is 0.171 e. The molecular weight excluding hydrogens is 307 g/mol. The number of thiocarbonyl (C=S) groups is 1. The molecule has 0 fully saturated rings. The number of rotatable bonds is 4. The normalized spacial score (nSPS) is 12.1. The van der Waals surface area contributed by atoms with Crippen molar-refractivity contribution in [2.24, 2.45) is 5.92 Å². The van der Waals surface area contributed by atoms with Crippen LogP contribution in [0.5, 0.6) is 0 Å². The number of nitrogens with one attached hydrogen (secondary N) is 2. The van der Waals surface area contributed by atoms with E-state index in [0.717, 1.165) is 11.3 Å². The van der Waals surface area contributed by atoms with E-state index >= 15 is 0 Å². The molecule has 0 heterocycles. The summed E-state index contributed by atoms with van der Waals surface area (Å²) in [7, 11) is 0. The third kappa shape index (κ3) is 4.76. The van der Waals surface area contributed by atoms with Gasteiger partial charge in [-0.1, -0.05) is 32.0 Å². The van der Waals surface area contributed by atoms with E-state index in [1.165, 1.54) is 23.3 Å². The molecule has 0 spiro atoms. The van der Waals surface area contributed by atoms with Crippen LogP contribution < -0.4 is 10.6 Å². The molecule has 0 radical (unpaired) electrons.